The van der Waals surface area contributed by atoms with Gasteiger partial charge >= 0.3 is 0 Å². The van der Waals surface area contributed by atoms with Gasteiger partial charge in [-0.25, -0.2) is 0 Å². The third-order valence-electron chi connectivity index (χ3n) is 5.66. The van der Waals surface area contributed by atoms with Crippen LogP contribution in [-0.2, 0) is 9.59 Å². The quantitative estimate of drug-likeness (QED) is 0.244. The van der Waals surface area contributed by atoms with Crippen molar-refractivity contribution in [3.8, 4) is 0 Å². The molecule has 31 heavy (non-hydrogen) atoms. The molecule has 0 atom stereocenters. The summed E-state index contributed by atoms with van der Waals surface area (Å²) in [5.74, 6) is -0.0600. The lowest BCUT2D eigenvalue weighted by molar-refractivity contribution is -0.119. The second kappa shape index (κ2) is 13.8. The minimum absolute atomic E-state index is 0.00342. The van der Waals surface area contributed by atoms with Crippen molar-refractivity contribution >= 4 is 11.8 Å². The van der Waals surface area contributed by atoms with Crippen molar-refractivity contribution in [2.24, 2.45) is 5.41 Å². The lowest BCUT2D eigenvalue weighted by atomic mass is 9.72. The highest BCUT2D eigenvalue weighted by molar-refractivity contribution is 5.88. The van der Waals surface area contributed by atoms with Crippen molar-refractivity contribution in [2.75, 3.05) is 13.1 Å². The first-order valence-corrected chi connectivity index (χ1v) is 11.6. The van der Waals surface area contributed by atoms with E-state index in [4.69, 9.17) is 0 Å². The lowest BCUT2D eigenvalue weighted by Gasteiger charge is -2.32. The van der Waals surface area contributed by atoms with Crippen molar-refractivity contribution < 1.29 is 9.59 Å². The van der Waals surface area contributed by atoms with Crippen LogP contribution in [0, 0.1) is 5.41 Å². The van der Waals surface area contributed by atoms with Crippen molar-refractivity contribution in [3.05, 3.63) is 58.7 Å². The summed E-state index contributed by atoms with van der Waals surface area (Å²) in [5.41, 5.74) is 5.34. The number of rotatable bonds is 11. The zero-order chi connectivity index (χ0) is 23.3. The first kappa shape index (κ1) is 26.7. The molecule has 4 heteroatoms. The average molecular weight is 427 g/mol. The van der Waals surface area contributed by atoms with E-state index in [2.05, 4.69) is 56.6 Å². The Labute approximate surface area is 189 Å². The van der Waals surface area contributed by atoms with Gasteiger partial charge in [0.05, 0.1) is 0 Å². The maximum atomic E-state index is 12.0. The summed E-state index contributed by atoms with van der Waals surface area (Å²) in [6.07, 6.45) is 18.7. The fourth-order valence-corrected chi connectivity index (χ4v) is 3.84. The van der Waals surface area contributed by atoms with Crippen molar-refractivity contribution in [3.63, 3.8) is 0 Å². The van der Waals surface area contributed by atoms with Crippen LogP contribution < -0.4 is 10.6 Å². The van der Waals surface area contributed by atoms with Gasteiger partial charge in [0.1, 0.15) is 0 Å². The first-order chi connectivity index (χ1) is 14.6. The Balaban J connectivity index is 2.42. The van der Waals surface area contributed by atoms with E-state index in [0.29, 0.717) is 13.1 Å². The van der Waals surface area contributed by atoms with Crippen LogP contribution in [0.5, 0.6) is 0 Å². The van der Waals surface area contributed by atoms with Crippen molar-refractivity contribution in [1.82, 2.24) is 10.6 Å². The number of carbonyl (C=O) groups is 2. The smallest absolute Gasteiger partial charge is 0.244 e. The van der Waals surface area contributed by atoms with Crippen LogP contribution in [0.3, 0.4) is 0 Å². The second-order valence-electron chi connectivity index (χ2n) is 9.26. The van der Waals surface area contributed by atoms with Crippen LogP contribution in [0.15, 0.2) is 58.7 Å². The Kier molecular flexibility index (Phi) is 11.9. The molecule has 1 aliphatic carbocycles. The lowest BCUT2D eigenvalue weighted by Crippen LogP contribution is -2.23. The minimum Gasteiger partial charge on any atom is -0.356 e. The molecule has 4 nitrogen and oxygen atoms in total. The average Bonchev–Trinajstić information content (AvgIpc) is 2.66. The Hall–Kier alpha value is -2.36. The summed E-state index contributed by atoms with van der Waals surface area (Å²) in [5, 5.41) is 5.69. The first-order valence-electron chi connectivity index (χ1n) is 11.6. The Morgan fingerprint density at radius 1 is 0.968 bits per heavy atom. The van der Waals surface area contributed by atoms with Gasteiger partial charge in [0.25, 0.3) is 0 Å². The number of carbonyl (C=O) groups excluding carboxylic acids is 2. The maximum absolute atomic E-state index is 12.0. The number of hydrogen-bond acceptors (Lipinski definition) is 2. The van der Waals surface area contributed by atoms with E-state index in [1.165, 1.54) is 42.9 Å². The van der Waals surface area contributed by atoms with Crippen LogP contribution >= 0.6 is 0 Å². The normalized spacial score (nSPS) is 17.5. The molecule has 2 N–H and O–H groups in total. The van der Waals surface area contributed by atoms with E-state index in [1.54, 1.807) is 6.08 Å². The molecule has 0 aromatic carbocycles. The molecule has 1 rings (SSSR count). The SMILES string of the molecule is CC(=O)NCCCCCNC(=O)/C=C(C)/C=C/C=C(C)/C=C/C1=C(C)CCCC1(C)C. The van der Waals surface area contributed by atoms with E-state index in [-0.39, 0.29) is 17.2 Å². The predicted molar refractivity (Wildman–Crippen MR) is 132 cm³/mol. The molecule has 0 unspecified atom stereocenters. The summed E-state index contributed by atoms with van der Waals surface area (Å²) in [7, 11) is 0. The highest BCUT2D eigenvalue weighted by Gasteiger charge is 2.26. The molecule has 0 aromatic heterocycles. The van der Waals surface area contributed by atoms with Crippen LogP contribution in [0.25, 0.3) is 0 Å². The number of nitrogens with one attached hydrogen (secondary N) is 2. The molecular weight excluding hydrogens is 384 g/mol. The molecule has 0 bridgehead atoms. The van der Waals surface area contributed by atoms with Gasteiger partial charge in [-0.05, 0) is 75.9 Å². The summed E-state index contributed by atoms with van der Waals surface area (Å²) in [6, 6.07) is 0. The molecule has 1 aliphatic rings. The van der Waals surface area contributed by atoms with Crippen LogP contribution in [0.4, 0.5) is 0 Å². The summed E-state index contributed by atoms with van der Waals surface area (Å²) >= 11 is 0. The Morgan fingerprint density at radius 2 is 1.65 bits per heavy atom. The number of hydrogen-bond donors (Lipinski definition) is 2. The topological polar surface area (TPSA) is 58.2 Å². The monoisotopic (exact) mass is 426 g/mol. The highest BCUT2D eigenvalue weighted by Crippen LogP contribution is 2.40. The third-order valence-corrected chi connectivity index (χ3v) is 5.66. The van der Waals surface area contributed by atoms with E-state index in [0.717, 1.165) is 24.8 Å². The number of allylic oxidation sites excluding steroid dienone is 9. The van der Waals surface area contributed by atoms with E-state index >= 15 is 0 Å². The van der Waals surface area contributed by atoms with Gasteiger partial charge in [-0.2, -0.15) is 0 Å². The van der Waals surface area contributed by atoms with E-state index < -0.39 is 0 Å². The Bertz CT molecular complexity index is 764. The molecule has 0 saturated carbocycles. The molecular formula is C27H42N2O2. The highest BCUT2D eigenvalue weighted by atomic mass is 16.2. The molecule has 0 fully saturated rings. The van der Waals surface area contributed by atoms with Gasteiger partial charge in [0.2, 0.25) is 11.8 Å². The van der Waals surface area contributed by atoms with Gasteiger partial charge in [0, 0.05) is 26.1 Å². The van der Waals surface area contributed by atoms with Crippen LogP contribution in [0.2, 0.25) is 0 Å². The summed E-state index contributed by atoms with van der Waals surface area (Å²) < 4.78 is 0. The molecule has 0 aromatic rings. The Morgan fingerprint density at radius 3 is 2.29 bits per heavy atom. The zero-order valence-electron chi connectivity index (χ0n) is 20.4. The largest absolute Gasteiger partial charge is 0.356 e. The predicted octanol–water partition coefficient (Wildman–Crippen LogP) is 5.94. The molecule has 0 spiro atoms. The van der Waals surface area contributed by atoms with Crippen LogP contribution in [0.1, 0.15) is 80.1 Å². The molecule has 2 amide bonds. The molecule has 0 saturated heterocycles. The van der Waals surface area contributed by atoms with Crippen molar-refractivity contribution in [1.29, 1.82) is 0 Å². The fourth-order valence-electron chi connectivity index (χ4n) is 3.84. The molecule has 0 heterocycles. The summed E-state index contributed by atoms with van der Waals surface area (Å²) in [4.78, 5) is 22.8. The van der Waals surface area contributed by atoms with Crippen molar-refractivity contribution in [2.45, 2.75) is 80.1 Å². The molecule has 0 aliphatic heterocycles. The van der Waals surface area contributed by atoms with Gasteiger partial charge in [0.15, 0.2) is 0 Å². The fraction of sp³-hybridized carbons (Fsp3) is 0.556. The van der Waals surface area contributed by atoms with Gasteiger partial charge < -0.3 is 10.6 Å². The van der Waals surface area contributed by atoms with Crippen LogP contribution in [-0.4, -0.2) is 24.9 Å². The molecule has 0 radical (unpaired) electrons. The standard InChI is InChI=1S/C27H42N2O2/c1-21(15-16-25-23(3)14-11-17-27(25,5)6)12-10-13-22(2)20-26(31)29-19-9-7-8-18-28-24(4)30/h10,12-13,15-16,20H,7-9,11,14,17-19H2,1-6H3,(H,28,30)(H,29,31)/b13-10+,16-15+,21-12+,22-20+. The minimum atomic E-state index is -0.0634. The van der Waals surface area contributed by atoms with E-state index in [1.807, 2.05) is 19.1 Å². The maximum Gasteiger partial charge on any atom is 0.244 e. The summed E-state index contributed by atoms with van der Waals surface area (Å²) in [6.45, 7) is 13.8. The second-order valence-corrected chi connectivity index (χ2v) is 9.26. The molecule has 172 valence electrons. The number of amides is 2. The van der Waals surface area contributed by atoms with Gasteiger partial charge in [-0.1, -0.05) is 55.4 Å². The van der Waals surface area contributed by atoms with Gasteiger partial charge in [-0.15, -0.1) is 0 Å². The third kappa shape index (κ3) is 11.6. The number of unbranched alkanes of at least 4 members (excludes halogenated alkanes) is 2. The van der Waals surface area contributed by atoms with E-state index in [9.17, 15) is 9.59 Å². The van der Waals surface area contributed by atoms with Gasteiger partial charge in [-0.3, -0.25) is 9.59 Å². The zero-order valence-corrected chi connectivity index (χ0v) is 20.4.